The maximum absolute atomic E-state index is 12.3. The Morgan fingerprint density at radius 2 is 1.83 bits per heavy atom. The van der Waals surface area contributed by atoms with Crippen LogP contribution in [0.1, 0.15) is 17.0 Å². The van der Waals surface area contributed by atoms with Crippen LogP contribution < -0.4 is 16.4 Å². The number of amides is 1. The van der Waals surface area contributed by atoms with Crippen molar-refractivity contribution < 1.29 is 4.79 Å². The van der Waals surface area contributed by atoms with E-state index in [9.17, 15) is 4.79 Å². The summed E-state index contributed by atoms with van der Waals surface area (Å²) in [7, 11) is 0. The number of rotatable bonds is 7. The molecule has 1 heterocycles. The van der Waals surface area contributed by atoms with Gasteiger partial charge < -0.3 is 16.4 Å². The van der Waals surface area contributed by atoms with Crippen molar-refractivity contribution in [2.24, 2.45) is 0 Å². The molecular weight excluding hydrogens is 443 g/mol. The van der Waals surface area contributed by atoms with E-state index >= 15 is 0 Å². The van der Waals surface area contributed by atoms with Crippen molar-refractivity contribution in [2.75, 3.05) is 22.1 Å². The third-order valence-corrected chi connectivity index (χ3v) is 5.44. The molecule has 0 radical (unpaired) electrons. The second kappa shape index (κ2) is 9.97. The quantitative estimate of drug-likeness (QED) is 0.453. The number of aromatic nitrogens is 3. The molecule has 0 saturated heterocycles. The van der Waals surface area contributed by atoms with E-state index in [0.29, 0.717) is 33.3 Å². The third kappa shape index (κ3) is 6.22. The number of anilines is 4. The van der Waals surface area contributed by atoms with Gasteiger partial charge in [0.1, 0.15) is 5.82 Å². The van der Waals surface area contributed by atoms with Gasteiger partial charge in [-0.3, -0.25) is 4.79 Å². The van der Waals surface area contributed by atoms with Gasteiger partial charge in [0.05, 0.1) is 22.2 Å². The summed E-state index contributed by atoms with van der Waals surface area (Å²) < 4.78 is 0. The normalized spacial score (nSPS) is 10.7. The first kappa shape index (κ1) is 22.1. The minimum absolute atomic E-state index is 0.101. The first-order valence-electron chi connectivity index (χ1n) is 8.97. The Morgan fingerprint density at radius 3 is 2.53 bits per heavy atom. The maximum atomic E-state index is 12.3. The zero-order chi connectivity index (χ0) is 21.7. The van der Waals surface area contributed by atoms with E-state index in [4.69, 9.17) is 28.9 Å². The van der Waals surface area contributed by atoms with Crippen LogP contribution in [0.25, 0.3) is 0 Å². The highest BCUT2D eigenvalue weighted by molar-refractivity contribution is 7.99. The van der Waals surface area contributed by atoms with Crippen molar-refractivity contribution in [3.8, 4) is 0 Å². The van der Waals surface area contributed by atoms with Gasteiger partial charge in [-0.15, -0.1) is 11.8 Å². The van der Waals surface area contributed by atoms with Gasteiger partial charge in [-0.1, -0.05) is 29.3 Å². The van der Waals surface area contributed by atoms with Crippen LogP contribution in [0.3, 0.4) is 0 Å². The zero-order valence-corrected chi connectivity index (χ0v) is 18.7. The molecule has 1 aromatic heterocycles. The molecular formula is C20H20Cl2N6OS. The van der Waals surface area contributed by atoms with E-state index in [0.717, 1.165) is 16.8 Å². The SMILES string of the molecule is Cc1cc(C)c(NC(=O)CSCc2nc(N)nc(Nc3ccc(Cl)cc3)n2)c(Cl)c1. The lowest BCUT2D eigenvalue weighted by molar-refractivity contribution is -0.113. The van der Waals surface area contributed by atoms with Gasteiger partial charge in [0.25, 0.3) is 0 Å². The molecule has 0 bridgehead atoms. The van der Waals surface area contributed by atoms with Gasteiger partial charge in [-0.25, -0.2) is 0 Å². The van der Waals surface area contributed by atoms with Gasteiger partial charge in [-0.05, 0) is 55.3 Å². The summed E-state index contributed by atoms with van der Waals surface area (Å²) in [6.07, 6.45) is 0. The lowest BCUT2D eigenvalue weighted by Gasteiger charge is -2.11. The highest BCUT2D eigenvalue weighted by atomic mass is 35.5. The largest absolute Gasteiger partial charge is 0.368 e. The van der Waals surface area contributed by atoms with Gasteiger partial charge in [0, 0.05) is 10.7 Å². The van der Waals surface area contributed by atoms with E-state index in [1.807, 2.05) is 26.0 Å². The van der Waals surface area contributed by atoms with Crippen molar-refractivity contribution in [2.45, 2.75) is 19.6 Å². The van der Waals surface area contributed by atoms with E-state index in [2.05, 4.69) is 25.6 Å². The lowest BCUT2D eigenvalue weighted by Crippen LogP contribution is -2.16. The summed E-state index contributed by atoms with van der Waals surface area (Å²) >= 11 is 13.5. The van der Waals surface area contributed by atoms with Crippen molar-refractivity contribution in [3.63, 3.8) is 0 Å². The minimum atomic E-state index is -0.157. The van der Waals surface area contributed by atoms with Crippen LogP contribution in [0.15, 0.2) is 36.4 Å². The van der Waals surface area contributed by atoms with Gasteiger partial charge in [0.15, 0.2) is 0 Å². The van der Waals surface area contributed by atoms with Crippen LogP contribution in [0.5, 0.6) is 0 Å². The molecule has 4 N–H and O–H groups in total. The van der Waals surface area contributed by atoms with Crippen LogP contribution in [-0.4, -0.2) is 26.6 Å². The summed E-state index contributed by atoms with van der Waals surface area (Å²) in [5, 5.41) is 7.07. The van der Waals surface area contributed by atoms with Crippen LogP contribution >= 0.6 is 35.0 Å². The number of nitrogens with one attached hydrogen (secondary N) is 2. The van der Waals surface area contributed by atoms with Crippen LogP contribution in [0, 0.1) is 13.8 Å². The fraction of sp³-hybridized carbons (Fsp3) is 0.200. The average molecular weight is 463 g/mol. The number of aryl methyl sites for hydroxylation is 2. The summed E-state index contributed by atoms with van der Waals surface area (Å²) in [5.41, 5.74) is 9.15. The van der Waals surface area contributed by atoms with Gasteiger partial charge in [-0.2, -0.15) is 15.0 Å². The van der Waals surface area contributed by atoms with E-state index in [-0.39, 0.29) is 17.6 Å². The number of nitrogens with two attached hydrogens (primary N) is 1. The number of carbonyl (C=O) groups is 1. The standard InChI is InChI=1S/C20H20Cl2N6OS/c1-11-7-12(2)18(15(22)8-11)27-17(29)10-30-9-16-25-19(23)28-20(26-16)24-14-5-3-13(21)4-6-14/h3-8H,9-10H2,1-2H3,(H,27,29)(H3,23,24,25,26,28). The minimum Gasteiger partial charge on any atom is -0.368 e. The fourth-order valence-corrected chi connectivity index (χ4v) is 3.87. The Bertz CT molecular complexity index is 1040. The molecule has 3 rings (SSSR count). The Kier molecular flexibility index (Phi) is 7.36. The monoisotopic (exact) mass is 462 g/mol. The lowest BCUT2D eigenvalue weighted by atomic mass is 10.1. The number of nitrogens with zero attached hydrogens (tertiary/aromatic N) is 3. The second-order valence-electron chi connectivity index (χ2n) is 6.54. The average Bonchev–Trinajstić information content (AvgIpc) is 2.66. The molecule has 10 heteroatoms. The Balaban J connectivity index is 1.57. The Hall–Kier alpha value is -2.55. The first-order chi connectivity index (χ1) is 14.3. The van der Waals surface area contributed by atoms with E-state index in [1.165, 1.54) is 11.8 Å². The molecule has 0 spiro atoms. The number of carbonyl (C=O) groups excluding carboxylic acids is 1. The second-order valence-corrected chi connectivity index (χ2v) is 8.37. The summed E-state index contributed by atoms with van der Waals surface area (Å²) in [6.45, 7) is 3.86. The Labute approximate surface area is 188 Å². The maximum Gasteiger partial charge on any atom is 0.234 e. The summed E-state index contributed by atoms with van der Waals surface area (Å²) in [5.74, 6) is 1.36. The Morgan fingerprint density at radius 1 is 1.10 bits per heavy atom. The predicted molar refractivity (Wildman–Crippen MR) is 125 cm³/mol. The third-order valence-electron chi connectivity index (χ3n) is 3.96. The number of hydrogen-bond donors (Lipinski definition) is 3. The molecule has 0 atom stereocenters. The first-order valence-corrected chi connectivity index (χ1v) is 10.9. The van der Waals surface area contributed by atoms with Gasteiger partial charge in [0.2, 0.25) is 17.8 Å². The molecule has 0 aliphatic heterocycles. The van der Waals surface area contributed by atoms with Crippen molar-refractivity contribution in [3.05, 3.63) is 63.4 Å². The molecule has 0 unspecified atom stereocenters. The van der Waals surface area contributed by atoms with Crippen LogP contribution in [0.4, 0.5) is 23.3 Å². The molecule has 0 fully saturated rings. The molecule has 0 aliphatic rings. The van der Waals surface area contributed by atoms with Crippen molar-refractivity contribution >= 4 is 64.1 Å². The van der Waals surface area contributed by atoms with E-state index < -0.39 is 0 Å². The topological polar surface area (TPSA) is 106 Å². The summed E-state index contributed by atoms with van der Waals surface area (Å²) in [4.78, 5) is 24.9. The van der Waals surface area contributed by atoms with Crippen LogP contribution in [-0.2, 0) is 10.5 Å². The predicted octanol–water partition coefficient (Wildman–Crippen LogP) is 4.99. The smallest absolute Gasteiger partial charge is 0.234 e. The molecule has 156 valence electrons. The zero-order valence-electron chi connectivity index (χ0n) is 16.4. The highest BCUT2D eigenvalue weighted by Crippen LogP contribution is 2.27. The molecule has 1 amide bonds. The number of benzene rings is 2. The highest BCUT2D eigenvalue weighted by Gasteiger charge is 2.11. The number of thioether (sulfide) groups is 1. The van der Waals surface area contributed by atoms with Gasteiger partial charge >= 0.3 is 0 Å². The molecule has 7 nitrogen and oxygen atoms in total. The van der Waals surface area contributed by atoms with E-state index in [1.54, 1.807) is 24.3 Å². The molecule has 0 aliphatic carbocycles. The molecule has 0 saturated carbocycles. The van der Waals surface area contributed by atoms with Crippen molar-refractivity contribution in [1.82, 2.24) is 15.0 Å². The number of hydrogen-bond acceptors (Lipinski definition) is 7. The number of nitrogen functional groups attached to an aromatic ring is 1. The molecule has 2 aromatic carbocycles. The fourth-order valence-electron chi connectivity index (χ4n) is 2.71. The summed E-state index contributed by atoms with van der Waals surface area (Å²) in [6, 6.07) is 10.9. The molecule has 30 heavy (non-hydrogen) atoms. The van der Waals surface area contributed by atoms with Crippen LogP contribution in [0.2, 0.25) is 10.0 Å². The molecule has 3 aromatic rings. The number of halogens is 2. The van der Waals surface area contributed by atoms with Crippen molar-refractivity contribution in [1.29, 1.82) is 0 Å².